The van der Waals surface area contributed by atoms with Gasteiger partial charge in [0.15, 0.2) is 37.7 Å². The molecule has 0 spiro atoms. The van der Waals surface area contributed by atoms with Crippen molar-refractivity contribution in [1.29, 1.82) is 0 Å². The van der Waals surface area contributed by atoms with Gasteiger partial charge in [0.05, 0.1) is 39.6 Å². The highest BCUT2D eigenvalue weighted by molar-refractivity contribution is 5.02. The quantitative estimate of drug-likeness (QED) is 0.0683. The fourth-order valence-electron chi connectivity index (χ4n) is 12.3. The third-order valence-corrected chi connectivity index (χ3v) is 16.3. The lowest BCUT2D eigenvalue weighted by Crippen LogP contribution is -2.69. The number of hydrogen-bond acceptors (Lipinski definition) is 31. The van der Waals surface area contributed by atoms with Crippen molar-refractivity contribution in [2.45, 2.75) is 184 Å². The van der Waals surface area contributed by atoms with Gasteiger partial charge in [0.1, 0.15) is 146 Å². The van der Waals surface area contributed by atoms with E-state index in [2.05, 4.69) is 0 Å². The highest BCUT2D eigenvalue weighted by Crippen LogP contribution is 2.41. The Hall–Kier alpha value is -1.24. The molecule has 1 unspecified atom stereocenters. The number of aliphatic hydroxyl groups is 2. The second-order valence-corrected chi connectivity index (χ2v) is 20.9. The van der Waals surface area contributed by atoms with Crippen LogP contribution in [0.15, 0.2) is 0 Å². The second-order valence-electron chi connectivity index (χ2n) is 20.9. The molecule has 30 atom stereocenters. The number of rotatable bonds is 34. The van der Waals surface area contributed by atoms with Crippen LogP contribution >= 0.6 is 0 Å². The Labute approximate surface area is 498 Å². The lowest BCUT2D eigenvalue weighted by Gasteiger charge is -2.52. The Kier molecular flexibility index (Phi) is 30.9. The van der Waals surface area contributed by atoms with Crippen molar-refractivity contribution in [3.8, 4) is 0 Å². The third kappa shape index (κ3) is 16.5. The summed E-state index contributed by atoms with van der Waals surface area (Å²) in [5, 5.41) is 21.9. The van der Waals surface area contributed by atoms with Crippen molar-refractivity contribution in [3.63, 3.8) is 0 Å². The van der Waals surface area contributed by atoms with Crippen LogP contribution in [0.1, 0.15) is 0 Å². The Bertz CT molecular complexity index is 1820. The van der Waals surface area contributed by atoms with E-state index in [0.29, 0.717) is 0 Å². The molecule has 0 amide bonds. The van der Waals surface area contributed by atoms with Crippen LogP contribution in [0.3, 0.4) is 0 Å². The first-order valence-electron chi connectivity index (χ1n) is 28.1. The van der Waals surface area contributed by atoms with Gasteiger partial charge >= 0.3 is 0 Å². The molecule has 0 aromatic rings. The van der Waals surface area contributed by atoms with Gasteiger partial charge in [0, 0.05) is 128 Å². The zero-order chi connectivity index (χ0) is 62.1. The summed E-state index contributed by atoms with van der Waals surface area (Å²) in [6.45, 7) is 0.00654. The van der Waals surface area contributed by atoms with E-state index in [9.17, 15) is 10.2 Å². The molecule has 0 aromatic heterocycles. The molecule has 31 nitrogen and oxygen atoms in total. The van der Waals surface area contributed by atoms with E-state index < -0.39 is 184 Å². The number of hydrogen-bond donors (Lipinski definition) is 2. The van der Waals surface area contributed by atoms with Crippen LogP contribution in [0.25, 0.3) is 0 Å². The van der Waals surface area contributed by atoms with Gasteiger partial charge in [0.25, 0.3) is 0 Å². The third-order valence-electron chi connectivity index (χ3n) is 16.3. The SMILES string of the molecule is COC[C@H]1O[C@H](O[C@H]2[C@H](OC)[C@@H](OC)[C@@H](O[C@H]3[C@H](OC)[C@@H](OC)[C@@H](O[C@H]4[C@H](OC)[C@@H](OC)[C@@H](O[C@H]5[C@H](OC)[C@@H](OC)[C@@H](O[C@H]6[C@H](OC)[C@@H](OC)C(O)O[C@@H]6COC)O[C@@H]5COC)O[C@@H]4COC)O[C@@H]3COC)O[C@@H]2COC)[C@H](OC)[C@@H](OC)[C@@H]1O. The zero-order valence-electron chi connectivity index (χ0n) is 52.3. The summed E-state index contributed by atoms with van der Waals surface area (Å²) < 4.78 is 179. The van der Waals surface area contributed by atoms with E-state index in [0.717, 1.165) is 0 Å². The van der Waals surface area contributed by atoms with Crippen LogP contribution < -0.4 is 0 Å². The van der Waals surface area contributed by atoms with Crippen molar-refractivity contribution in [2.75, 3.05) is 168 Å². The minimum atomic E-state index is -1.34. The maximum Gasteiger partial charge on any atom is 0.187 e. The molecule has 0 bridgehead atoms. The molecule has 500 valence electrons. The normalized spacial score (nSPS) is 44.6. The average molecular weight is 1240 g/mol. The summed E-state index contributed by atoms with van der Waals surface area (Å²) >= 11 is 0. The standard InChI is InChI=1S/C54H98O31/c1-57-19-25-31(55)37(63-7)44(70-14)50(76-25)82-33-27(21-59-3)78-52(46(72-16)39(33)65-9)84-35-29(23-61-5)80-54(48(74-18)41(35)67-11)85-36-30(24-62-6)79-53(47(73-17)42(36)68-12)83-34-28(22-60-4)77-51(45(71-15)40(34)66-10)81-32-26(20-58-2)75-49(56)43(69-13)38(32)64-8/h25-56H,19-24H2,1-18H3/t25-,26-,27-,28-,29-,30-,31-,32-,33-,34-,35-,36-,37+,38+,39+,40+,41+,42+,43-,44-,45-,46-,47-,48-,49?,50-,51-,52-,53-,54-/m1/s1. The summed E-state index contributed by atoms with van der Waals surface area (Å²) in [4.78, 5) is 0. The highest BCUT2D eigenvalue weighted by Gasteiger charge is 2.60. The molecule has 6 saturated heterocycles. The summed E-state index contributed by atoms with van der Waals surface area (Å²) in [5.41, 5.74) is 0. The second kappa shape index (κ2) is 36.1. The van der Waals surface area contributed by atoms with Crippen LogP contribution in [0.5, 0.6) is 0 Å². The summed E-state index contributed by atoms with van der Waals surface area (Å²) in [5.74, 6) is 0. The number of ether oxygens (including phenoxy) is 29. The van der Waals surface area contributed by atoms with Crippen LogP contribution in [0.4, 0.5) is 0 Å². The Morgan fingerprint density at radius 2 is 0.400 bits per heavy atom. The van der Waals surface area contributed by atoms with Crippen molar-refractivity contribution in [2.24, 2.45) is 0 Å². The predicted octanol–water partition coefficient (Wildman–Crippen LogP) is -2.33. The summed E-state index contributed by atoms with van der Waals surface area (Å²) in [6.07, 6.45) is -29.3. The number of aliphatic hydroxyl groups excluding tert-OH is 2. The van der Waals surface area contributed by atoms with Gasteiger partial charge in [-0.25, -0.2) is 0 Å². The molecule has 6 aliphatic rings. The molecule has 6 heterocycles. The molecule has 6 aliphatic heterocycles. The molecule has 2 N–H and O–H groups in total. The van der Waals surface area contributed by atoms with Crippen molar-refractivity contribution in [3.05, 3.63) is 0 Å². The lowest BCUT2D eigenvalue weighted by molar-refractivity contribution is -0.402. The maximum absolute atomic E-state index is 11.1. The summed E-state index contributed by atoms with van der Waals surface area (Å²) in [7, 11) is 26.8. The van der Waals surface area contributed by atoms with E-state index in [1.807, 2.05) is 0 Å². The minimum Gasteiger partial charge on any atom is -0.387 e. The van der Waals surface area contributed by atoms with E-state index in [1.165, 1.54) is 128 Å². The van der Waals surface area contributed by atoms with E-state index in [4.69, 9.17) is 137 Å². The first-order valence-corrected chi connectivity index (χ1v) is 28.1. The minimum absolute atomic E-state index is 0.000681. The topological polar surface area (TPSA) is 308 Å². The first kappa shape index (κ1) is 72.8. The van der Waals surface area contributed by atoms with E-state index in [-0.39, 0.29) is 39.6 Å². The molecule has 0 aliphatic carbocycles. The first-order chi connectivity index (χ1) is 41.2. The Morgan fingerprint density at radius 3 is 0.624 bits per heavy atom. The van der Waals surface area contributed by atoms with Gasteiger partial charge in [-0.1, -0.05) is 0 Å². The van der Waals surface area contributed by atoms with Crippen molar-refractivity contribution < 1.29 is 148 Å². The zero-order valence-corrected chi connectivity index (χ0v) is 52.3. The molecule has 0 radical (unpaired) electrons. The Balaban J connectivity index is 1.24. The van der Waals surface area contributed by atoms with Crippen LogP contribution in [-0.4, -0.2) is 362 Å². The monoisotopic (exact) mass is 1240 g/mol. The molecular formula is C54H98O31. The van der Waals surface area contributed by atoms with Crippen LogP contribution in [0.2, 0.25) is 0 Å². The maximum atomic E-state index is 11.1. The summed E-state index contributed by atoms with van der Waals surface area (Å²) in [6, 6.07) is 0. The predicted molar refractivity (Wildman–Crippen MR) is 285 cm³/mol. The van der Waals surface area contributed by atoms with Crippen molar-refractivity contribution >= 4 is 0 Å². The van der Waals surface area contributed by atoms with E-state index in [1.54, 1.807) is 0 Å². The molecule has 85 heavy (non-hydrogen) atoms. The van der Waals surface area contributed by atoms with Gasteiger partial charge in [-0.05, 0) is 0 Å². The lowest BCUT2D eigenvalue weighted by atomic mass is 9.94. The molecular weight excluding hydrogens is 1140 g/mol. The average Bonchev–Trinajstić information content (AvgIpc) is 3.07. The van der Waals surface area contributed by atoms with Gasteiger partial charge in [-0.15, -0.1) is 0 Å². The smallest absolute Gasteiger partial charge is 0.187 e. The van der Waals surface area contributed by atoms with Gasteiger partial charge in [0.2, 0.25) is 0 Å². The molecule has 6 rings (SSSR count). The number of methoxy groups -OCH3 is 18. The Morgan fingerprint density at radius 1 is 0.212 bits per heavy atom. The largest absolute Gasteiger partial charge is 0.387 e. The van der Waals surface area contributed by atoms with Gasteiger partial charge in [-0.3, -0.25) is 0 Å². The van der Waals surface area contributed by atoms with Crippen molar-refractivity contribution in [1.82, 2.24) is 0 Å². The van der Waals surface area contributed by atoms with Gasteiger partial charge < -0.3 is 148 Å². The fourth-order valence-corrected chi connectivity index (χ4v) is 12.3. The van der Waals surface area contributed by atoms with Crippen LogP contribution in [0, 0.1) is 0 Å². The molecule has 31 heteroatoms. The fraction of sp³-hybridized carbons (Fsp3) is 1.00. The molecule has 6 fully saturated rings. The van der Waals surface area contributed by atoms with Crippen LogP contribution in [-0.2, 0) is 137 Å². The molecule has 0 saturated carbocycles. The van der Waals surface area contributed by atoms with Gasteiger partial charge in [-0.2, -0.15) is 0 Å². The molecule has 0 aromatic carbocycles. The highest BCUT2D eigenvalue weighted by atomic mass is 16.8. The van der Waals surface area contributed by atoms with E-state index >= 15 is 0 Å².